The zero-order valence-corrected chi connectivity index (χ0v) is 13.7. The zero-order chi connectivity index (χ0) is 16.4. The van der Waals surface area contributed by atoms with Crippen molar-refractivity contribution in [3.8, 4) is 0 Å². The highest BCUT2D eigenvalue weighted by Gasteiger charge is 2.23. The first-order valence-corrected chi connectivity index (χ1v) is 8.90. The minimum atomic E-state index is -3.73. The zero-order valence-electron chi connectivity index (χ0n) is 12.9. The lowest BCUT2D eigenvalue weighted by atomic mass is 10.2. The molecule has 8 heteroatoms. The Hall–Kier alpha value is -2.19. The standard InChI is InChI=1S/C15H19N5O2S/c1-12-10-17-11-15(18-12)20-8-6-19(7-9-20)13-4-2-3-5-14(13)23(16,21)22/h2-5,10-11H,6-9H2,1H3,(H2,16,21,22). The molecule has 0 bridgehead atoms. The van der Waals surface area contributed by atoms with E-state index >= 15 is 0 Å². The Bertz CT molecular complexity index is 801. The average molecular weight is 333 g/mol. The van der Waals surface area contributed by atoms with Crippen molar-refractivity contribution < 1.29 is 8.42 Å². The van der Waals surface area contributed by atoms with E-state index in [2.05, 4.69) is 14.9 Å². The number of sulfonamides is 1. The summed E-state index contributed by atoms with van der Waals surface area (Å²) in [5, 5.41) is 5.32. The molecule has 7 nitrogen and oxygen atoms in total. The summed E-state index contributed by atoms with van der Waals surface area (Å²) in [7, 11) is -3.73. The Morgan fingerprint density at radius 1 is 1.04 bits per heavy atom. The molecule has 0 radical (unpaired) electrons. The van der Waals surface area contributed by atoms with Crippen LogP contribution in [0.25, 0.3) is 0 Å². The SMILES string of the molecule is Cc1cncc(N2CCN(c3ccccc3S(N)(=O)=O)CC2)n1. The van der Waals surface area contributed by atoms with Crippen molar-refractivity contribution in [2.75, 3.05) is 36.0 Å². The highest BCUT2D eigenvalue weighted by Crippen LogP contribution is 2.25. The van der Waals surface area contributed by atoms with Gasteiger partial charge in [-0.15, -0.1) is 0 Å². The monoisotopic (exact) mass is 333 g/mol. The van der Waals surface area contributed by atoms with Gasteiger partial charge in [0.1, 0.15) is 10.7 Å². The van der Waals surface area contributed by atoms with E-state index in [1.165, 1.54) is 0 Å². The van der Waals surface area contributed by atoms with Crippen LogP contribution in [0.1, 0.15) is 5.69 Å². The Kier molecular flexibility index (Phi) is 4.18. The van der Waals surface area contributed by atoms with Gasteiger partial charge < -0.3 is 9.80 Å². The second-order valence-electron chi connectivity index (χ2n) is 5.51. The molecule has 0 amide bonds. The number of primary sulfonamides is 1. The second-order valence-corrected chi connectivity index (χ2v) is 7.04. The maximum atomic E-state index is 11.7. The van der Waals surface area contributed by atoms with Gasteiger partial charge in [0.05, 0.1) is 17.6 Å². The van der Waals surface area contributed by atoms with E-state index in [0.29, 0.717) is 18.8 Å². The van der Waals surface area contributed by atoms with Gasteiger partial charge >= 0.3 is 0 Å². The van der Waals surface area contributed by atoms with Crippen molar-refractivity contribution in [2.45, 2.75) is 11.8 Å². The third-order valence-electron chi connectivity index (χ3n) is 3.86. The third kappa shape index (κ3) is 3.43. The number of hydrogen-bond donors (Lipinski definition) is 1. The molecule has 0 spiro atoms. The Morgan fingerprint density at radius 2 is 1.70 bits per heavy atom. The van der Waals surface area contributed by atoms with E-state index in [-0.39, 0.29) is 4.90 Å². The van der Waals surface area contributed by atoms with E-state index in [9.17, 15) is 8.42 Å². The maximum Gasteiger partial charge on any atom is 0.240 e. The van der Waals surface area contributed by atoms with Crippen LogP contribution in [0.5, 0.6) is 0 Å². The smallest absolute Gasteiger partial charge is 0.240 e. The molecule has 2 aromatic rings. The molecule has 1 aromatic carbocycles. The van der Waals surface area contributed by atoms with E-state index < -0.39 is 10.0 Å². The van der Waals surface area contributed by atoms with Crippen molar-refractivity contribution in [1.29, 1.82) is 0 Å². The summed E-state index contributed by atoms with van der Waals surface area (Å²) in [6.45, 7) is 4.80. The summed E-state index contributed by atoms with van der Waals surface area (Å²) in [5.41, 5.74) is 1.54. The number of hydrogen-bond acceptors (Lipinski definition) is 6. The van der Waals surface area contributed by atoms with Crippen LogP contribution in [0.4, 0.5) is 11.5 Å². The topological polar surface area (TPSA) is 92.4 Å². The van der Waals surface area contributed by atoms with Gasteiger partial charge in [-0.1, -0.05) is 12.1 Å². The Morgan fingerprint density at radius 3 is 2.35 bits per heavy atom. The fourth-order valence-electron chi connectivity index (χ4n) is 2.74. The number of piperazine rings is 1. The highest BCUT2D eigenvalue weighted by molar-refractivity contribution is 7.89. The predicted molar refractivity (Wildman–Crippen MR) is 89.0 cm³/mol. The fraction of sp³-hybridized carbons (Fsp3) is 0.333. The highest BCUT2D eigenvalue weighted by atomic mass is 32.2. The average Bonchev–Trinajstić information content (AvgIpc) is 2.54. The van der Waals surface area contributed by atoms with Gasteiger partial charge in [-0.05, 0) is 19.1 Å². The molecular formula is C15H19N5O2S. The maximum absolute atomic E-state index is 11.7. The number of benzene rings is 1. The molecule has 1 saturated heterocycles. The van der Waals surface area contributed by atoms with Crippen LogP contribution in [0.3, 0.4) is 0 Å². The number of rotatable bonds is 3. The number of aryl methyl sites for hydroxylation is 1. The van der Waals surface area contributed by atoms with Crippen molar-refractivity contribution in [3.05, 3.63) is 42.4 Å². The van der Waals surface area contributed by atoms with Crippen LogP contribution >= 0.6 is 0 Å². The molecule has 2 N–H and O–H groups in total. The minimum absolute atomic E-state index is 0.170. The third-order valence-corrected chi connectivity index (χ3v) is 4.82. The number of anilines is 2. The lowest BCUT2D eigenvalue weighted by molar-refractivity contribution is 0.595. The van der Waals surface area contributed by atoms with Crippen LogP contribution in [0, 0.1) is 6.92 Å². The molecule has 1 aromatic heterocycles. The van der Waals surface area contributed by atoms with E-state index in [0.717, 1.165) is 24.6 Å². The molecule has 0 atom stereocenters. The molecule has 23 heavy (non-hydrogen) atoms. The molecule has 2 heterocycles. The van der Waals surface area contributed by atoms with Gasteiger partial charge in [0, 0.05) is 32.4 Å². The second kappa shape index (κ2) is 6.13. The molecule has 0 saturated carbocycles. The van der Waals surface area contributed by atoms with Crippen molar-refractivity contribution >= 4 is 21.5 Å². The Balaban J connectivity index is 1.78. The molecule has 1 fully saturated rings. The van der Waals surface area contributed by atoms with Crippen LogP contribution in [0.2, 0.25) is 0 Å². The molecule has 1 aliphatic rings. The summed E-state index contributed by atoms with van der Waals surface area (Å²) in [6, 6.07) is 6.84. The van der Waals surface area contributed by atoms with Crippen LogP contribution < -0.4 is 14.9 Å². The van der Waals surface area contributed by atoms with E-state index in [1.807, 2.05) is 17.9 Å². The molecular weight excluding hydrogens is 314 g/mol. The minimum Gasteiger partial charge on any atom is -0.367 e. The molecule has 0 unspecified atom stereocenters. The molecule has 1 aliphatic heterocycles. The van der Waals surface area contributed by atoms with E-state index in [4.69, 9.17) is 5.14 Å². The van der Waals surface area contributed by atoms with Crippen LogP contribution in [-0.2, 0) is 10.0 Å². The van der Waals surface area contributed by atoms with Gasteiger partial charge in [0.25, 0.3) is 0 Å². The first kappa shape index (κ1) is 15.7. The predicted octanol–water partition coefficient (Wildman–Crippen LogP) is 0.759. The van der Waals surface area contributed by atoms with Gasteiger partial charge in [0.2, 0.25) is 10.0 Å². The summed E-state index contributed by atoms with van der Waals surface area (Å²) in [5.74, 6) is 0.851. The molecule has 122 valence electrons. The van der Waals surface area contributed by atoms with Gasteiger partial charge in [-0.2, -0.15) is 0 Å². The lowest BCUT2D eigenvalue weighted by Gasteiger charge is -2.37. The van der Waals surface area contributed by atoms with Crippen molar-refractivity contribution in [3.63, 3.8) is 0 Å². The number of para-hydroxylation sites is 1. The van der Waals surface area contributed by atoms with Crippen LogP contribution in [0.15, 0.2) is 41.6 Å². The van der Waals surface area contributed by atoms with Crippen LogP contribution in [-0.4, -0.2) is 44.6 Å². The van der Waals surface area contributed by atoms with Crippen molar-refractivity contribution in [2.24, 2.45) is 5.14 Å². The Labute approximate surface area is 135 Å². The largest absolute Gasteiger partial charge is 0.367 e. The molecule has 0 aliphatic carbocycles. The van der Waals surface area contributed by atoms with E-state index in [1.54, 1.807) is 30.6 Å². The quantitative estimate of drug-likeness (QED) is 0.891. The summed E-state index contributed by atoms with van der Waals surface area (Å²) in [4.78, 5) is 13.0. The van der Waals surface area contributed by atoms with Gasteiger partial charge in [-0.3, -0.25) is 4.98 Å². The van der Waals surface area contributed by atoms with Crippen molar-refractivity contribution in [1.82, 2.24) is 9.97 Å². The number of nitrogens with zero attached hydrogens (tertiary/aromatic N) is 4. The first-order valence-electron chi connectivity index (χ1n) is 7.35. The number of aromatic nitrogens is 2. The fourth-order valence-corrected chi connectivity index (χ4v) is 3.49. The lowest BCUT2D eigenvalue weighted by Crippen LogP contribution is -2.47. The molecule has 3 rings (SSSR count). The van der Waals surface area contributed by atoms with Gasteiger partial charge in [-0.25, -0.2) is 18.5 Å². The summed E-state index contributed by atoms with van der Waals surface area (Å²) < 4.78 is 23.5. The first-order chi connectivity index (χ1) is 10.9. The summed E-state index contributed by atoms with van der Waals surface area (Å²) >= 11 is 0. The van der Waals surface area contributed by atoms with Gasteiger partial charge in [0.15, 0.2) is 0 Å². The normalized spacial score (nSPS) is 15.7. The summed E-state index contributed by atoms with van der Waals surface area (Å²) in [6.07, 6.45) is 3.48. The number of nitrogens with two attached hydrogens (primary N) is 1.